The van der Waals surface area contributed by atoms with Gasteiger partial charge in [-0.3, -0.25) is 4.79 Å². The molecule has 0 aliphatic carbocycles. The Kier molecular flexibility index (Phi) is 4.85. The van der Waals surface area contributed by atoms with Crippen LogP contribution in [-0.2, 0) is 6.18 Å². The Bertz CT molecular complexity index is 911. The Morgan fingerprint density at radius 3 is 2.54 bits per heavy atom. The van der Waals surface area contributed by atoms with Crippen molar-refractivity contribution in [3.05, 3.63) is 52.5 Å². The van der Waals surface area contributed by atoms with E-state index in [1.807, 2.05) is 0 Å². The number of thiazole rings is 1. The summed E-state index contributed by atoms with van der Waals surface area (Å²) in [5, 5.41) is 14.7. The van der Waals surface area contributed by atoms with E-state index in [0.717, 1.165) is 12.1 Å². The third kappa shape index (κ3) is 3.80. The molecule has 3 aromatic rings. The molecule has 134 valence electrons. The number of hydrogen-bond acceptors (Lipinski definition) is 6. The second kappa shape index (κ2) is 7.08. The summed E-state index contributed by atoms with van der Waals surface area (Å²) in [6, 6.07) is 6.40. The van der Waals surface area contributed by atoms with Crippen LogP contribution in [-0.4, -0.2) is 28.1 Å². The minimum absolute atomic E-state index is 0.213. The summed E-state index contributed by atoms with van der Waals surface area (Å²) >= 11 is 1.29. The number of hydrogen-bond donors (Lipinski definition) is 2. The molecule has 2 heterocycles. The van der Waals surface area contributed by atoms with Crippen LogP contribution in [0, 0.1) is 0 Å². The van der Waals surface area contributed by atoms with E-state index >= 15 is 0 Å². The highest BCUT2D eigenvalue weighted by molar-refractivity contribution is 7.07. The number of benzene rings is 1. The lowest BCUT2D eigenvalue weighted by atomic mass is 10.1. The molecular weight excluding hydrogens is 367 g/mol. The molecule has 0 saturated heterocycles. The van der Waals surface area contributed by atoms with E-state index in [-0.39, 0.29) is 17.2 Å². The highest BCUT2D eigenvalue weighted by Gasteiger charge is 2.31. The summed E-state index contributed by atoms with van der Waals surface area (Å²) in [5.41, 5.74) is 2.15. The van der Waals surface area contributed by atoms with Crippen LogP contribution in [0.15, 0.2) is 41.2 Å². The van der Waals surface area contributed by atoms with Crippen molar-refractivity contribution >= 4 is 28.7 Å². The van der Waals surface area contributed by atoms with Gasteiger partial charge in [0.05, 0.1) is 16.8 Å². The highest BCUT2D eigenvalue weighted by Crippen LogP contribution is 2.35. The van der Waals surface area contributed by atoms with Gasteiger partial charge in [0.2, 0.25) is 0 Å². The number of halogens is 3. The first-order valence-corrected chi connectivity index (χ1v) is 8.25. The van der Waals surface area contributed by atoms with Gasteiger partial charge in [0.25, 0.3) is 5.91 Å². The first-order valence-electron chi connectivity index (χ1n) is 7.31. The Hall–Kier alpha value is -3.01. The summed E-state index contributed by atoms with van der Waals surface area (Å²) in [6.07, 6.45) is -4.43. The molecule has 2 aromatic heterocycles. The maximum Gasteiger partial charge on any atom is 0.416 e. The predicted octanol–water partition coefficient (Wildman–Crippen LogP) is 3.91. The molecule has 0 aliphatic heterocycles. The fourth-order valence-electron chi connectivity index (χ4n) is 2.20. The highest BCUT2D eigenvalue weighted by atomic mass is 32.1. The number of amides is 1. The van der Waals surface area contributed by atoms with Crippen LogP contribution in [0.1, 0.15) is 16.1 Å². The van der Waals surface area contributed by atoms with Crippen LogP contribution >= 0.6 is 11.3 Å². The minimum Gasteiger partial charge on any atom is -0.388 e. The van der Waals surface area contributed by atoms with Crippen molar-refractivity contribution in [2.75, 3.05) is 17.7 Å². The number of alkyl halides is 3. The van der Waals surface area contributed by atoms with Gasteiger partial charge < -0.3 is 10.6 Å². The molecule has 2 N–H and O–H groups in total. The Labute approximate surface area is 150 Å². The molecule has 1 aromatic carbocycles. The monoisotopic (exact) mass is 379 g/mol. The SMILES string of the molecule is CNc1cc(C(F)(F)F)ccc1-c1ccc(NC(=O)c2cscn2)nn1. The molecule has 0 aliphatic rings. The molecule has 0 fully saturated rings. The molecule has 0 atom stereocenters. The van der Waals surface area contributed by atoms with Crippen molar-refractivity contribution in [2.24, 2.45) is 0 Å². The number of aromatic nitrogens is 3. The van der Waals surface area contributed by atoms with Gasteiger partial charge in [-0.15, -0.1) is 21.5 Å². The van der Waals surface area contributed by atoms with Crippen molar-refractivity contribution in [1.29, 1.82) is 0 Å². The second-order valence-corrected chi connectivity index (χ2v) is 5.86. The topological polar surface area (TPSA) is 79.8 Å². The summed E-state index contributed by atoms with van der Waals surface area (Å²) in [4.78, 5) is 15.8. The zero-order valence-corrected chi connectivity index (χ0v) is 14.1. The number of nitrogens with zero attached hydrogens (tertiary/aromatic N) is 3. The molecule has 3 rings (SSSR count). The molecule has 6 nitrogen and oxygen atoms in total. The summed E-state index contributed by atoms with van der Waals surface area (Å²) in [5.74, 6) is -0.205. The molecule has 1 amide bonds. The number of carbonyl (C=O) groups is 1. The van der Waals surface area contributed by atoms with Crippen LogP contribution in [0.2, 0.25) is 0 Å². The third-order valence-electron chi connectivity index (χ3n) is 3.46. The zero-order chi connectivity index (χ0) is 18.7. The smallest absolute Gasteiger partial charge is 0.388 e. The average molecular weight is 379 g/mol. The molecule has 0 unspecified atom stereocenters. The maximum absolute atomic E-state index is 12.8. The standard InChI is InChI=1S/C16H12F3N5OS/c1-20-12-6-9(16(17,18)19)2-3-10(12)11-4-5-14(24-23-11)22-15(25)13-7-26-8-21-13/h2-8,20H,1H3,(H,22,24,25). The lowest BCUT2D eigenvalue weighted by Gasteiger charge is -2.13. The van der Waals surface area contributed by atoms with Crippen molar-refractivity contribution < 1.29 is 18.0 Å². The van der Waals surface area contributed by atoms with Crippen molar-refractivity contribution in [3.63, 3.8) is 0 Å². The Morgan fingerprint density at radius 2 is 1.96 bits per heavy atom. The van der Waals surface area contributed by atoms with Crippen molar-refractivity contribution in [1.82, 2.24) is 15.2 Å². The predicted molar refractivity (Wildman–Crippen MR) is 92.1 cm³/mol. The van der Waals surface area contributed by atoms with Gasteiger partial charge >= 0.3 is 6.18 Å². The summed E-state index contributed by atoms with van der Waals surface area (Å²) in [6.45, 7) is 0. The number of nitrogens with one attached hydrogen (secondary N) is 2. The number of anilines is 2. The first kappa shape index (κ1) is 17.8. The lowest BCUT2D eigenvalue weighted by molar-refractivity contribution is -0.137. The van der Waals surface area contributed by atoms with Crippen LogP contribution in [0.4, 0.5) is 24.7 Å². The van der Waals surface area contributed by atoms with Crippen molar-refractivity contribution in [2.45, 2.75) is 6.18 Å². The van der Waals surface area contributed by atoms with E-state index in [4.69, 9.17) is 0 Å². The van der Waals surface area contributed by atoms with Gasteiger partial charge in [0.1, 0.15) is 5.69 Å². The minimum atomic E-state index is -4.43. The summed E-state index contributed by atoms with van der Waals surface area (Å²) in [7, 11) is 1.52. The van der Waals surface area contributed by atoms with E-state index in [9.17, 15) is 18.0 Å². The van der Waals surface area contributed by atoms with Crippen molar-refractivity contribution in [3.8, 4) is 11.3 Å². The molecule has 0 spiro atoms. The van der Waals surface area contributed by atoms with E-state index < -0.39 is 17.6 Å². The van der Waals surface area contributed by atoms with E-state index in [2.05, 4.69) is 25.8 Å². The van der Waals surface area contributed by atoms with Gasteiger partial charge in [0, 0.05) is 23.7 Å². The first-order chi connectivity index (χ1) is 12.4. The van der Waals surface area contributed by atoms with Crippen LogP contribution in [0.25, 0.3) is 11.3 Å². The number of rotatable bonds is 4. The molecule has 10 heteroatoms. The normalized spacial score (nSPS) is 11.2. The van der Waals surface area contributed by atoms with Gasteiger partial charge in [0.15, 0.2) is 5.82 Å². The van der Waals surface area contributed by atoms with E-state index in [1.165, 1.54) is 36.0 Å². The third-order valence-corrected chi connectivity index (χ3v) is 4.05. The van der Waals surface area contributed by atoms with E-state index in [0.29, 0.717) is 11.3 Å². The van der Waals surface area contributed by atoms with E-state index in [1.54, 1.807) is 11.4 Å². The lowest BCUT2D eigenvalue weighted by Crippen LogP contribution is -2.13. The fourth-order valence-corrected chi connectivity index (χ4v) is 2.73. The van der Waals surface area contributed by atoms with Gasteiger partial charge in [-0.05, 0) is 24.3 Å². The zero-order valence-electron chi connectivity index (χ0n) is 13.3. The van der Waals surface area contributed by atoms with Gasteiger partial charge in [-0.2, -0.15) is 13.2 Å². The van der Waals surface area contributed by atoms with Gasteiger partial charge in [-0.25, -0.2) is 4.98 Å². The molecule has 0 saturated carbocycles. The van der Waals surface area contributed by atoms with Crippen LogP contribution < -0.4 is 10.6 Å². The quantitative estimate of drug-likeness (QED) is 0.718. The van der Waals surface area contributed by atoms with Gasteiger partial charge in [-0.1, -0.05) is 6.07 Å². The largest absolute Gasteiger partial charge is 0.416 e. The van der Waals surface area contributed by atoms with Crippen LogP contribution in [0.3, 0.4) is 0 Å². The van der Waals surface area contributed by atoms with Crippen LogP contribution in [0.5, 0.6) is 0 Å². The summed E-state index contributed by atoms with van der Waals surface area (Å²) < 4.78 is 38.5. The Morgan fingerprint density at radius 1 is 1.15 bits per heavy atom. The second-order valence-electron chi connectivity index (χ2n) is 5.14. The molecular formula is C16H12F3N5OS. The molecule has 26 heavy (non-hydrogen) atoms. The Balaban J connectivity index is 1.83. The molecule has 0 bridgehead atoms. The average Bonchev–Trinajstić information content (AvgIpc) is 3.16. The number of carbonyl (C=O) groups excluding carboxylic acids is 1. The maximum atomic E-state index is 12.8. The molecule has 0 radical (unpaired) electrons. The fraction of sp³-hybridized carbons (Fsp3) is 0.125.